The SMILES string of the molecule is COC(=O)c1ccc2c(c1)NC(=O)/C2=C(\Nc1ccc(C(=O)N(OC)C2CCN(C)CC2)cc1)c1ccccc1. The van der Waals surface area contributed by atoms with E-state index in [4.69, 9.17) is 9.57 Å². The first-order valence-corrected chi connectivity index (χ1v) is 13.2. The molecule has 2 aliphatic rings. The van der Waals surface area contributed by atoms with Gasteiger partial charge in [0.2, 0.25) is 0 Å². The number of nitrogens with one attached hydrogen (secondary N) is 2. The summed E-state index contributed by atoms with van der Waals surface area (Å²) in [7, 11) is 4.92. The second-order valence-electron chi connectivity index (χ2n) is 9.87. The van der Waals surface area contributed by atoms with Gasteiger partial charge >= 0.3 is 5.97 Å². The lowest BCUT2D eigenvalue weighted by Crippen LogP contribution is -2.46. The fourth-order valence-corrected chi connectivity index (χ4v) is 5.14. The zero-order chi connectivity index (χ0) is 28.2. The molecule has 3 aromatic carbocycles. The van der Waals surface area contributed by atoms with Gasteiger partial charge in [-0.1, -0.05) is 36.4 Å². The summed E-state index contributed by atoms with van der Waals surface area (Å²) >= 11 is 0. The van der Waals surface area contributed by atoms with E-state index in [9.17, 15) is 14.4 Å². The number of hydrogen-bond acceptors (Lipinski definition) is 7. The first-order valence-electron chi connectivity index (χ1n) is 13.2. The van der Waals surface area contributed by atoms with E-state index in [-0.39, 0.29) is 17.9 Å². The van der Waals surface area contributed by atoms with Gasteiger partial charge in [-0.3, -0.25) is 14.4 Å². The van der Waals surface area contributed by atoms with Crippen molar-refractivity contribution < 1.29 is 24.0 Å². The molecule has 0 saturated carbocycles. The summed E-state index contributed by atoms with van der Waals surface area (Å²) in [4.78, 5) is 46.3. The summed E-state index contributed by atoms with van der Waals surface area (Å²) in [6.45, 7) is 1.83. The van der Waals surface area contributed by atoms with Gasteiger partial charge in [-0.05, 0) is 74.9 Å². The maximum Gasteiger partial charge on any atom is 0.337 e. The van der Waals surface area contributed by atoms with Crippen molar-refractivity contribution in [3.63, 3.8) is 0 Å². The lowest BCUT2D eigenvalue weighted by molar-refractivity contribution is -0.132. The first kappa shape index (κ1) is 27.1. The van der Waals surface area contributed by atoms with Gasteiger partial charge in [0.15, 0.2) is 0 Å². The van der Waals surface area contributed by atoms with Crippen LogP contribution in [-0.4, -0.2) is 68.1 Å². The normalized spacial score (nSPS) is 16.6. The lowest BCUT2D eigenvalue weighted by atomic mass is 9.99. The van der Waals surface area contributed by atoms with E-state index >= 15 is 0 Å². The number of ether oxygens (including phenoxy) is 1. The summed E-state index contributed by atoms with van der Waals surface area (Å²) < 4.78 is 4.82. The molecule has 2 aliphatic heterocycles. The van der Waals surface area contributed by atoms with Crippen molar-refractivity contribution in [3.8, 4) is 0 Å². The minimum absolute atomic E-state index is 0.0292. The number of rotatable bonds is 7. The third-order valence-electron chi connectivity index (χ3n) is 7.32. The molecule has 9 nitrogen and oxygen atoms in total. The third-order valence-corrected chi connectivity index (χ3v) is 7.32. The number of fused-ring (bicyclic) bond motifs is 1. The molecule has 2 N–H and O–H groups in total. The quantitative estimate of drug-likeness (QED) is 0.259. The number of anilines is 2. The van der Waals surface area contributed by atoms with Gasteiger partial charge in [-0.15, -0.1) is 0 Å². The first-order chi connectivity index (χ1) is 19.4. The van der Waals surface area contributed by atoms with E-state index in [1.165, 1.54) is 19.3 Å². The highest BCUT2D eigenvalue weighted by atomic mass is 16.7. The molecule has 206 valence electrons. The smallest absolute Gasteiger partial charge is 0.337 e. The van der Waals surface area contributed by atoms with Crippen LogP contribution >= 0.6 is 0 Å². The van der Waals surface area contributed by atoms with Crippen LogP contribution in [0.1, 0.15) is 44.7 Å². The topological polar surface area (TPSA) is 100 Å². The second-order valence-corrected chi connectivity index (χ2v) is 9.87. The standard InChI is InChI=1S/C31H32N4O5/c1-34-17-15-24(16-18-34)35(40-3)30(37)21-9-12-23(13-10-21)32-28(20-7-5-4-6-8-20)27-25-14-11-22(31(38)39-2)19-26(25)33-29(27)36/h4-14,19,24,32H,15-18H2,1-3H3,(H,33,36)/b28-27-. The van der Waals surface area contributed by atoms with Crippen molar-refractivity contribution >= 4 is 40.4 Å². The number of methoxy groups -OCH3 is 1. The largest absolute Gasteiger partial charge is 0.465 e. The Hall–Kier alpha value is -4.47. The second kappa shape index (κ2) is 11.7. The predicted molar refractivity (Wildman–Crippen MR) is 153 cm³/mol. The predicted octanol–water partition coefficient (Wildman–Crippen LogP) is 4.50. The van der Waals surface area contributed by atoms with E-state index in [0.717, 1.165) is 31.5 Å². The highest BCUT2D eigenvalue weighted by molar-refractivity contribution is 6.37. The molecule has 0 atom stereocenters. The third kappa shape index (κ3) is 5.47. The fourth-order valence-electron chi connectivity index (χ4n) is 5.14. The molecule has 0 spiro atoms. The van der Waals surface area contributed by atoms with Crippen LogP contribution in [0, 0.1) is 0 Å². The summed E-state index contributed by atoms with van der Waals surface area (Å²) in [5.41, 5.74) is 4.64. The van der Waals surface area contributed by atoms with Crippen LogP contribution < -0.4 is 10.6 Å². The van der Waals surface area contributed by atoms with Crippen LogP contribution in [0.5, 0.6) is 0 Å². The number of nitrogens with zero attached hydrogens (tertiary/aromatic N) is 2. The molecule has 9 heteroatoms. The van der Waals surface area contributed by atoms with Crippen molar-refractivity contribution in [1.29, 1.82) is 0 Å². The number of hydrogen-bond donors (Lipinski definition) is 2. The zero-order valence-electron chi connectivity index (χ0n) is 22.8. The van der Waals surface area contributed by atoms with E-state index < -0.39 is 5.97 Å². The van der Waals surface area contributed by atoms with Crippen LogP contribution in [0.4, 0.5) is 11.4 Å². The Morgan fingerprint density at radius 1 is 0.925 bits per heavy atom. The van der Waals surface area contributed by atoms with Crippen LogP contribution in [0.15, 0.2) is 72.8 Å². The van der Waals surface area contributed by atoms with E-state index in [2.05, 4.69) is 22.6 Å². The van der Waals surface area contributed by atoms with Gasteiger partial charge in [0, 0.05) is 16.8 Å². The molecule has 3 aromatic rings. The monoisotopic (exact) mass is 540 g/mol. The Labute approximate surface area is 233 Å². The average molecular weight is 541 g/mol. The van der Waals surface area contributed by atoms with Crippen molar-refractivity contribution in [1.82, 2.24) is 9.96 Å². The minimum atomic E-state index is -0.478. The molecule has 0 radical (unpaired) electrons. The fraction of sp³-hybridized carbons (Fsp3) is 0.258. The average Bonchev–Trinajstić information content (AvgIpc) is 3.32. The number of likely N-dealkylation sites (tertiary alicyclic amines) is 1. The Kier molecular flexibility index (Phi) is 7.95. The number of amides is 2. The summed E-state index contributed by atoms with van der Waals surface area (Å²) in [5, 5.41) is 7.75. The lowest BCUT2D eigenvalue weighted by Gasteiger charge is -2.35. The molecule has 40 heavy (non-hydrogen) atoms. The molecule has 2 heterocycles. The van der Waals surface area contributed by atoms with Crippen LogP contribution in [-0.2, 0) is 14.4 Å². The molecule has 0 unspecified atom stereocenters. The molecule has 5 rings (SSSR count). The van der Waals surface area contributed by atoms with Gasteiger partial charge in [0.1, 0.15) is 0 Å². The number of hydroxylamine groups is 2. The maximum absolute atomic E-state index is 13.3. The van der Waals surface area contributed by atoms with Crippen LogP contribution in [0.25, 0.3) is 11.3 Å². The number of piperidine rings is 1. The van der Waals surface area contributed by atoms with Gasteiger partial charge in [-0.2, -0.15) is 0 Å². The molecular formula is C31H32N4O5. The van der Waals surface area contributed by atoms with Crippen molar-refractivity contribution in [2.75, 3.05) is 45.0 Å². The zero-order valence-corrected chi connectivity index (χ0v) is 22.8. The Bertz CT molecular complexity index is 1440. The number of benzene rings is 3. The Balaban J connectivity index is 1.45. The summed E-state index contributed by atoms with van der Waals surface area (Å²) in [6.07, 6.45) is 1.71. The molecule has 0 aromatic heterocycles. The highest BCUT2D eigenvalue weighted by Gasteiger charge is 2.30. The Morgan fingerprint density at radius 3 is 2.25 bits per heavy atom. The van der Waals surface area contributed by atoms with Crippen LogP contribution in [0.3, 0.4) is 0 Å². The molecule has 0 aliphatic carbocycles. The molecular weight excluding hydrogens is 508 g/mol. The number of esters is 1. The highest BCUT2D eigenvalue weighted by Crippen LogP contribution is 2.38. The molecule has 1 saturated heterocycles. The Morgan fingerprint density at radius 2 is 1.60 bits per heavy atom. The molecule has 2 amide bonds. The van der Waals surface area contributed by atoms with Crippen LogP contribution in [0.2, 0.25) is 0 Å². The van der Waals surface area contributed by atoms with E-state index in [0.29, 0.717) is 39.3 Å². The molecule has 0 bridgehead atoms. The van der Waals surface area contributed by atoms with Gasteiger partial charge in [0.25, 0.3) is 11.8 Å². The van der Waals surface area contributed by atoms with Crippen molar-refractivity contribution in [2.24, 2.45) is 0 Å². The summed E-state index contributed by atoms with van der Waals surface area (Å²) in [6, 6.07) is 21.7. The van der Waals surface area contributed by atoms with Crippen molar-refractivity contribution in [3.05, 3.63) is 95.1 Å². The maximum atomic E-state index is 13.3. The van der Waals surface area contributed by atoms with Gasteiger partial charge in [0.05, 0.1) is 42.8 Å². The van der Waals surface area contributed by atoms with Crippen molar-refractivity contribution in [2.45, 2.75) is 18.9 Å². The van der Waals surface area contributed by atoms with E-state index in [1.807, 2.05) is 42.5 Å². The van der Waals surface area contributed by atoms with E-state index in [1.54, 1.807) is 30.3 Å². The molecule has 1 fully saturated rings. The van der Waals surface area contributed by atoms with Gasteiger partial charge < -0.3 is 20.3 Å². The summed E-state index contributed by atoms with van der Waals surface area (Å²) in [5.74, 6) is -0.951. The number of carbonyl (C=O) groups is 3. The minimum Gasteiger partial charge on any atom is -0.465 e. The van der Waals surface area contributed by atoms with Gasteiger partial charge in [-0.25, -0.2) is 9.86 Å². The number of carbonyl (C=O) groups excluding carboxylic acids is 3.